The summed E-state index contributed by atoms with van der Waals surface area (Å²) < 4.78 is 11.9. The third kappa shape index (κ3) is 2.54. The summed E-state index contributed by atoms with van der Waals surface area (Å²) in [5.41, 5.74) is 0.883. The molecule has 5 nitrogen and oxygen atoms in total. The Morgan fingerprint density at radius 2 is 1.86 bits per heavy atom. The zero-order chi connectivity index (χ0) is 20.7. The highest BCUT2D eigenvalue weighted by atomic mass is 35.5. The van der Waals surface area contributed by atoms with Gasteiger partial charge >= 0.3 is 5.97 Å². The topological polar surface area (TPSA) is 76.0 Å². The number of aliphatic carboxylic acids is 1. The second-order valence-electron chi connectivity index (χ2n) is 10.3. The third-order valence-electron chi connectivity index (χ3n) is 9.35. The minimum absolute atomic E-state index is 0.00571. The maximum Gasteiger partial charge on any atom is 0.347 e. The van der Waals surface area contributed by atoms with Gasteiger partial charge in [0.05, 0.1) is 18.8 Å². The van der Waals surface area contributed by atoms with Gasteiger partial charge in [-0.15, -0.1) is 0 Å². The Morgan fingerprint density at radius 1 is 1.14 bits per heavy atom. The molecule has 3 saturated carbocycles. The molecular weight excluding hydrogens is 392 g/mol. The summed E-state index contributed by atoms with van der Waals surface area (Å²) in [7, 11) is 0. The van der Waals surface area contributed by atoms with Crippen LogP contribution in [0.4, 0.5) is 0 Å². The van der Waals surface area contributed by atoms with Crippen LogP contribution >= 0.6 is 11.6 Å². The average Bonchev–Trinajstić information content (AvgIpc) is 3.27. The zero-order valence-electron chi connectivity index (χ0n) is 17.3. The van der Waals surface area contributed by atoms with Crippen LogP contribution < -0.4 is 0 Å². The van der Waals surface area contributed by atoms with Gasteiger partial charge in [-0.3, -0.25) is 0 Å². The number of hydrogen-bond acceptors (Lipinski definition) is 4. The number of carboxylic acid groups (broad SMARTS) is 1. The van der Waals surface area contributed by atoms with Gasteiger partial charge in [0, 0.05) is 18.3 Å². The molecule has 0 aromatic rings. The van der Waals surface area contributed by atoms with Crippen molar-refractivity contribution < 1.29 is 24.5 Å². The van der Waals surface area contributed by atoms with Crippen molar-refractivity contribution in [1.82, 2.24) is 0 Å². The highest BCUT2D eigenvalue weighted by Crippen LogP contribution is 2.68. The van der Waals surface area contributed by atoms with E-state index in [0.717, 1.165) is 50.5 Å². The van der Waals surface area contributed by atoms with E-state index >= 15 is 0 Å². The molecule has 1 aliphatic heterocycles. The number of hydrogen-bond donors (Lipinski definition) is 2. The van der Waals surface area contributed by atoms with Gasteiger partial charge in [0.2, 0.25) is 0 Å². The first kappa shape index (κ1) is 20.0. The number of carboxylic acids is 1. The Morgan fingerprint density at radius 3 is 2.55 bits per heavy atom. The minimum Gasteiger partial charge on any atom is -0.477 e. The Balaban J connectivity index is 1.51. The summed E-state index contributed by atoms with van der Waals surface area (Å²) in [5.74, 6) is -1.13. The van der Waals surface area contributed by atoms with Gasteiger partial charge in [-0.1, -0.05) is 37.1 Å². The van der Waals surface area contributed by atoms with E-state index in [1.807, 2.05) is 0 Å². The van der Waals surface area contributed by atoms with E-state index in [2.05, 4.69) is 19.9 Å². The standard InChI is InChI=1S/C23H31ClO5/c1-20-7-10-23(27)16(15(20)5-6-17(20)18(24)19(25)26)4-3-14-13-22(28-11-12-29-22)9-8-21(14,23)2/h3,15-16,27H,4-13H2,1-2H3,(H,25,26)/b18-17+/t15-,16-,20-,21-,23+/m0/s1. The van der Waals surface area contributed by atoms with E-state index in [0.29, 0.717) is 19.6 Å². The molecule has 0 aromatic heterocycles. The molecule has 0 radical (unpaired) electrons. The number of ether oxygens (including phenoxy) is 2. The molecule has 1 saturated heterocycles. The van der Waals surface area contributed by atoms with Crippen molar-refractivity contribution in [1.29, 1.82) is 0 Å². The first-order valence-electron chi connectivity index (χ1n) is 11.0. The van der Waals surface area contributed by atoms with Crippen LogP contribution in [-0.4, -0.2) is 40.8 Å². The summed E-state index contributed by atoms with van der Waals surface area (Å²) in [6.07, 6.45) is 8.66. The zero-order valence-corrected chi connectivity index (χ0v) is 18.1. The predicted molar refractivity (Wildman–Crippen MR) is 108 cm³/mol. The molecule has 1 heterocycles. The number of rotatable bonds is 1. The monoisotopic (exact) mass is 422 g/mol. The fraction of sp³-hybridized carbons (Fsp3) is 0.783. The maximum atomic E-state index is 12.2. The van der Waals surface area contributed by atoms with Crippen LogP contribution in [0.1, 0.15) is 65.2 Å². The van der Waals surface area contributed by atoms with Crippen molar-refractivity contribution in [2.45, 2.75) is 76.6 Å². The fourth-order valence-corrected chi connectivity index (χ4v) is 7.90. The molecule has 5 rings (SSSR count). The number of allylic oxidation sites excluding steroid dienone is 2. The second-order valence-corrected chi connectivity index (χ2v) is 10.7. The first-order valence-corrected chi connectivity index (χ1v) is 11.4. The molecule has 6 heteroatoms. The number of halogens is 1. The summed E-state index contributed by atoms with van der Waals surface area (Å²) in [6, 6.07) is 0. The fourth-order valence-electron chi connectivity index (χ4n) is 7.59. The Hall–Kier alpha value is -0.880. The molecule has 160 valence electrons. The molecule has 0 amide bonds. The van der Waals surface area contributed by atoms with E-state index < -0.39 is 17.4 Å². The summed E-state index contributed by atoms with van der Waals surface area (Å²) in [4.78, 5) is 11.5. The highest BCUT2D eigenvalue weighted by molar-refractivity contribution is 6.41. The Bertz CT molecular complexity index is 812. The van der Waals surface area contributed by atoms with Crippen LogP contribution in [0.25, 0.3) is 0 Å². The number of fused-ring (bicyclic) bond motifs is 5. The molecule has 5 aliphatic rings. The van der Waals surface area contributed by atoms with Gasteiger partial charge in [-0.05, 0) is 61.3 Å². The average molecular weight is 423 g/mol. The lowest BCUT2D eigenvalue weighted by Gasteiger charge is -2.63. The summed E-state index contributed by atoms with van der Waals surface area (Å²) in [6.45, 7) is 5.70. The number of aliphatic hydroxyl groups is 1. The van der Waals surface area contributed by atoms with Crippen molar-refractivity contribution in [3.63, 3.8) is 0 Å². The molecular formula is C23H31ClO5. The molecule has 0 unspecified atom stereocenters. The van der Waals surface area contributed by atoms with Crippen LogP contribution in [0.5, 0.6) is 0 Å². The number of carbonyl (C=O) groups is 1. The van der Waals surface area contributed by atoms with Gasteiger partial charge in [0.15, 0.2) is 5.79 Å². The van der Waals surface area contributed by atoms with E-state index in [9.17, 15) is 15.0 Å². The Labute approximate surface area is 177 Å². The van der Waals surface area contributed by atoms with Crippen LogP contribution in [0, 0.1) is 22.7 Å². The smallest absolute Gasteiger partial charge is 0.347 e. The molecule has 2 N–H and O–H groups in total. The highest BCUT2D eigenvalue weighted by Gasteiger charge is 2.66. The van der Waals surface area contributed by atoms with E-state index in [4.69, 9.17) is 21.1 Å². The lowest BCUT2D eigenvalue weighted by molar-refractivity contribution is -0.218. The largest absolute Gasteiger partial charge is 0.477 e. The molecule has 29 heavy (non-hydrogen) atoms. The van der Waals surface area contributed by atoms with Crippen molar-refractivity contribution in [3.8, 4) is 0 Å². The van der Waals surface area contributed by atoms with Gasteiger partial charge in [-0.2, -0.15) is 0 Å². The van der Waals surface area contributed by atoms with E-state index in [1.165, 1.54) is 5.57 Å². The summed E-state index contributed by atoms with van der Waals surface area (Å²) >= 11 is 6.23. The van der Waals surface area contributed by atoms with Crippen LogP contribution in [0.2, 0.25) is 0 Å². The second kappa shape index (κ2) is 6.32. The van der Waals surface area contributed by atoms with Crippen molar-refractivity contribution in [3.05, 3.63) is 22.3 Å². The van der Waals surface area contributed by atoms with Crippen molar-refractivity contribution in [2.75, 3.05) is 13.2 Å². The van der Waals surface area contributed by atoms with Gasteiger partial charge < -0.3 is 19.7 Å². The van der Waals surface area contributed by atoms with Gasteiger partial charge in [0.1, 0.15) is 5.03 Å². The minimum atomic E-state index is -1.03. The molecule has 1 spiro atoms. The molecule has 0 bridgehead atoms. The van der Waals surface area contributed by atoms with Crippen LogP contribution in [0.3, 0.4) is 0 Å². The van der Waals surface area contributed by atoms with Gasteiger partial charge in [-0.25, -0.2) is 4.79 Å². The Kier molecular flexibility index (Phi) is 4.37. The SMILES string of the molecule is C[C@]12CCC3(CC1=CC[C@H]1[C@@H]4CC/C(=C(\Cl)C(=O)O)[C@@]4(C)CC[C@@]12O)OCCO3. The molecule has 4 aliphatic carbocycles. The van der Waals surface area contributed by atoms with Crippen molar-refractivity contribution in [2.24, 2.45) is 22.7 Å². The lowest BCUT2D eigenvalue weighted by Crippen LogP contribution is -2.63. The van der Waals surface area contributed by atoms with E-state index in [-0.39, 0.29) is 27.7 Å². The first-order chi connectivity index (χ1) is 13.7. The molecule has 0 aromatic carbocycles. The predicted octanol–water partition coefficient (Wildman–Crippen LogP) is 4.38. The van der Waals surface area contributed by atoms with E-state index in [1.54, 1.807) is 0 Å². The van der Waals surface area contributed by atoms with Gasteiger partial charge in [0.25, 0.3) is 0 Å². The maximum absolute atomic E-state index is 12.2. The molecule has 4 fully saturated rings. The summed E-state index contributed by atoms with van der Waals surface area (Å²) in [5, 5.41) is 21.6. The molecule has 5 atom stereocenters. The van der Waals surface area contributed by atoms with Crippen LogP contribution in [-0.2, 0) is 14.3 Å². The normalized spacial score (nSPS) is 47.2. The van der Waals surface area contributed by atoms with Crippen LogP contribution in [0.15, 0.2) is 22.3 Å². The third-order valence-corrected chi connectivity index (χ3v) is 9.74. The lowest BCUT2D eigenvalue weighted by atomic mass is 9.45. The van der Waals surface area contributed by atoms with Crippen molar-refractivity contribution >= 4 is 17.6 Å². The quantitative estimate of drug-likeness (QED) is 0.484.